The average Bonchev–Trinajstić information content (AvgIpc) is 2.79. The number of carbonyl (C=O) groups excluding carboxylic acids is 1. The van der Waals surface area contributed by atoms with Crippen LogP contribution in [0.2, 0.25) is 0 Å². The van der Waals surface area contributed by atoms with E-state index in [1.807, 2.05) is 13.8 Å². The Labute approximate surface area is 101 Å². The quantitative estimate of drug-likeness (QED) is 0.870. The number of hydrogen-bond donors (Lipinski definition) is 1. The number of nitrogens with one attached hydrogen (secondary N) is 1. The molecule has 1 amide bonds. The third-order valence-corrected chi connectivity index (χ3v) is 2.90. The fraction of sp³-hybridized carbons (Fsp3) is 0.667. The van der Waals surface area contributed by atoms with Gasteiger partial charge in [0.25, 0.3) is 5.91 Å². The maximum absolute atomic E-state index is 11.9. The van der Waals surface area contributed by atoms with E-state index in [0.29, 0.717) is 19.0 Å². The molecule has 0 bridgehead atoms. The van der Waals surface area contributed by atoms with Gasteiger partial charge in [-0.05, 0) is 18.8 Å². The van der Waals surface area contributed by atoms with Gasteiger partial charge in [0.2, 0.25) is 5.76 Å². The molecule has 0 atom stereocenters. The van der Waals surface area contributed by atoms with Gasteiger partial charge < -0.3 is 14.6 Å². The Morgan fingerprint density at radius 1 is 1.47 bits per heavy atom. The Balaban J connectivity index is 1.94. The first-order chi connectivity index (χ1) is 8.16. The molecule has 1 aromatic heterocycles. The van der Waals surface area contributed by atoms with Gasteiger partial charge in [-0.2, -0.15) is 0 Å². The number of aromatic nitrogens is 1. The summed E-state index contributed by atoms with van der Waals surface area (Å²) in [6.45, 7) is 5.44. The molecule has 1 fully saturated rings. The maximum atomic E-state index is 11.9. The summed E-state index contributed by atoms with van der Waals surface area (Å²) in [5.74, 6) is 0.375. The predicted octanol–water partition coefficient (Wildman–Crippen LogP) is 1.71. The molecule has 2 heterocycles. The summed E-state index contributed by atoms with van der Waals surface area (Å²) in [6, 6.07) is 1.89. The highest BCUT2D eigenvalue weighted by molar-refractivity contribution is 5.91. The molecule has 0 aromatic carbocycles. The van der Waals surface area contributed by atoms with Crippen molar-refractivity contribution >= 4 is 5.91 Å². The first-order valence-electron chi connectivity index (χ1n) is 6.02. The second kappa shape index (κ2) is 5.31. The van der Waals surface area contributed by atoms with Crippen molar-refractivity contribution in [1.82, 2.24) is 10.5 Å². The molecule has 1 aliphatic rings. The van der Waals surface area contributed by atoms with Gasteiger partial charge in [-0.25, -0.2) is 0 Å². The molecule has 17 heavy (non-hydrogen) atoms. The molecule has 1 N–H and O–H groups in total. The van der Waals surface area contributed by atoms with Crippen molar-refractivity contribution in [3.05, 3.63) is 17.5 Å². The van der Waals surface area contributed by atoms with Crippen LogP contribution >= 0.6 is 0 Å². The van der Waals surface area contributed by atoms with Crippen LogP contribution in [-0.2, 0) is 4.74 Å². The summed E-state index contributed by atoms with van der Waals surface area (Å²) < 4.78 is 10.3. The smallest absolute Gasteiger partial charge is 0.290 e. The van der Waals surface area contributed by atoms with Gasteiger partial charge in [-0.15, -0.1) is 0 Å². The zero-order valence-corrected chi connectivity index (χ0v) is 10.2. The van der Waals surface area contributed by atoms with Crippen LogP contribution in [0.4, 0.5) is 0 Å². The lowest BCUT2D eigenvalue weighted by atomic mass is 10.1. The number of amides is 1. The van der Waals surface area contributed by atoms with Crippen molar-refractivity contribution in [1.29, 1.82) is 0 Å². The number of carbonyl (C=O) groups is 1. The third kappa shape index (κ3) is 3.06. The molecule has 1 aliphatic heterocycles. The topological polar surface area (TPSA) is 64.4 Å². The minimum absolute atomic E-state index is 0.184. The van der Waals surface area contributed by atoms with E-state index in [1.165, 1.54) is 0 Å². The Morgan fingerprint density at radius 2 is 2.18 bits per heavy atom. The average molecular weight is 238 g/mol. The van der Waals surface area contributed by atoms with Crippen LogP contribution in [0.1, 0.15) is 48.9 Å². The lowest BCUT2D eigenvalue weighted by Gasteiger charge is -2.22. The minimum Gasteiger partial charge on any atom is -0.381 e. The monoisotopic (exact) mass is 238 g/mol. The van der Waals surface area contributed by atoms with Crippen LogP contribution in [0.25, 0.3) is 0 Å². The van der Waals surface area contributed by atoms with E-state index in [2.05, 4.69) is 10.5 Å². The van der Waals surface area contributed by atoms with E-state index in [4.69, 9.17) is 9.26 Å². The molecule has 0 unspecified atom stereocenters. The van der Waals surface area contributed by atoms with Crippen molar-refractivity contribution in [2.75, 3.05) is 13.2 Å². The van der Waals surface area contributed by atoms with E-state index < -0.39 is 0 Å². The first kappa shape index (κ1) is 12.1. The van der Waals surface area contributed by atoms with Gasteiger partial charge in [0.1, 0.15) is 0 Å². The highest BCUT2D eigenvalue weighted by Crippen LogP contribution is 2.14. The highest BCUT2D eigenvalue weighted by atomic mass is 16.5. The van der Waals surface area contributed by atoms with Gasteiger partial charge in [-0.1, -0.05) is 19.0 Å². The first-order valence-corrected chi connectivity index (χ1v) is 6.02. The van der Waals surface area contributed by atoms with Crippen LogP contribution in [-0.4, -0.2) is 30.3 Å². The van der Waals surface area contributed by atoms with Gasteiger partial charge in [0.05, 0.1) is 5.69 Å². The lowest BCUT2D eigenvalue weighted by molar-refractivity contribution is 0.0679. The van der Waals surface area contributed by atoms with E-state index in [1.54, 1.807) is 6.07 Å². The van der Waals surface area contributed by atoms with Crippen molar-refractivity contribution in [2.24, 2.45) is 0 Å². The van der Waals surface area contributed by atoms with E-state index in [-0.39, 0.29) is 17.9 Å². The standard InChI is InChI=1S/C12H18N2O3/c1-8(2)10-7-11(17-14-10)12(15)13-9-3-5-16-6-4-9/h7-9H,3-6H2,1-2H3,(H,13,15). The summed E-state index contributed by atoms with van der Waals surface area (Å²) in [4.78, 5) is 11.9. The third-order valence-electron chi connectivity index (χ3n) is 2.90. The second-order valence-electron chi connectivity index (χ2n) is 4.63. The Bertz CT molecular complexity index is 381. The highest BCUT2D eigenvalue weighted by Gasteiger charge is 2.20. The van der Waals surface area contributed by atoms with Crippen molar-refractivity contribution < 1.29 is 14.1 Å². The zero-order chi connectivity index (χ0) is 12.3. The number of ether oxygens (including phenoxy) is 1. The molecule has 1 aromatic rings. The van der Waals surface area contributed by atoms with Crippen molar-refractivity contribution in [2.45, 2.75) is 38.6 Å². The fourth-order valence-corrected chi connectivity index (χ4v) is 1.77. The summed E-state index contributed by atoms with van der Waals surface area (Å²) in [6.07, 6.45) is 1.72. The summed E-state index contributed by atoms with van der Waals surface area (Å²) >= 11 is 0. The SMILES string of the molecule is CC(C)c1cc(C(=O)NC2CCOCC2)on1. The number of rotatable bonds is 3. The summed E-state index contributed by atoms with van der Waals surface area (Å²) in [7, 11) is 0. The molecule has 0 saturated carbocycles. The van der Waals surface area contributed by atoms with E-state index in [9.17, 15) is 4.79 Å². The van der Waals surface area contributed by atoms with Crippen molar-refractivity contribution in [3.63, 3.8) is 0 Å². The van der Waals surface area contributed by atoms with Gasteiger partial charge in [-0.3, -0.25) is 4.79 Å². The lowest BCUT2D eigenvalue weighted by Crippen LogP contribution is -2.38. The number of nitrogens with zero attached hydrogens (tertiary/aromatic N) is 1. The predicted molar refractivity (Wildman–Crippen MR) is 61.9 cm³/mol. The molecular formula is C12H18N2O3. The summed E-state index contributed by atoms with van der Waals surface area (Å²) in [5.41, 5.74) is 0.808. The van der Waals surface area contributed by atoms with E-state index >= 15 is 0 Å². The molecule has 0 spiro atoms. The molecule has 1 saturated heterocycles. The molecule has 0 aliphatic carbocycles. The largest absolute Gasteiger partial charge is 0.381 e. The van der Waals surface area contributed by atoms with Gasteiger partial charge in [0, 0.05) is 25.3 Å². The van der Waals surface area contributed by atoms with Crippen LogP contribution in [0.15, 0.2) is 10.6 Å². The Kier molecular flexibility index (Phi) is 3.78. The van der Waals surface area contributed by atoms with Gasteiger partial charge in [0.15, 0.2) is 0 Å². The van der Waals surface area contributed by atoms with Crippen LogP contribution in [0.5, 0.6) is 0 Å². The molecule has 2 rings (SSSR count). The Hall–Kier alpha value is -1.36. The Morgan fingerprint density at radius 3 is 2.76 bits per heavy atom. The molecule has 0 radical (unpaired) electrons. The van der Waals surface area contributed by atoms with Gasteiger partial charge >= 0.3 is 0 Å². The molecule has 5 nitrogen and oxygen atoms in total. The maximum Gasteiger partial charge on any atom is 0.290 e. The number of hydrogen-bond acceptors (Lipinski definition) is 4. The normalized spacial score (nSPS) is 17.4. The van der Waals surface area contributed by atoms with Crippen molar-refractivity contribution in [3.8, 4) is 0 Å². The second-order valence-corrected chi connectivity index (χ2v) is 4.63. The minimum atomic E-state index is -0.184. The zero-order valence-electron chi connectivity index (χ0n) is 10.2. The summed E-state index contributed by atoms with van der Waals surface area (Å²) in [5, 5.41) is 6.80. The fourth-order valence-electron chi connectivity index (χ4n) is 1.77. The van der Waals surface area contributed by atoms with E-state index in [0.717, 1.165) is 18.5 Å². The molecule has 94 valence electrons. The molecule has 5 heteroatoms. The molecular weight excluding hydrogens is 220 g/mol. The van der Waals surface area contributed by atoms with Crippen LogP contribution in [0, 0.1) is 0 Å². The van der Waals surface area contributed by atoms with Crippen LogP contribution < -0.4 is 5.32 Å². The van der Waals surface area contributed by atoms with Crippen LogP contribution in [0.3, 0.4) is 0 Å².